The number of hydrazone groups is 2. The molecular weight excluding hydrogens is 262 g/mol. The van der Waals surface area contributed by atoms with Crippen LogP contribution in [-0.4, -0.2) is 24.3 Å². The van der Waals surface area contributed by atoms with E-state index in [1.54, 1.807) is 12.1 Å². The monoisotopic (exact) mass is 281 g/mol. The summed E-state index contributed by atoms with van der Waals surface area (Å²) in [5, 5.41) is 20.3. The van der Waals surface area contributed by atoms with Gasteiger partial charge < -0.3 is 22.5 Å². The van der Waals surface area contributed by atoms with Crippen LogP contribution in [-0.2, 0) is 6.42 Å². The molecule has 0 radical (unpaired) electrons. The standard InChI is InChI=1S/C8H11NO.2CH4N4/c9-6-5-7-3-1-2-4-8(7)10;2*2-4-1-5-3/h1-4,10H,5-6,9H2;2*1-2H,3H2. The first-order valence-electron chi connectivity index (χ1n) is 5.31. The van der Waals surface area contributed by atoms with Crippen LogP contribution in [0.4, 0.5) is 0 Å². The van der Waals surface area contributed by atoms with Gasteiger partial charge >= 0.3 is 0 Å². The molecule has 1 aromatic carbocycles. The van der Waals surface area contributed by atoms with Crippen molar-refractivity contribution in [3.05, 3.63) is 29.8 Å². The van der Waals surface area contributed by atoms with Crippen LogP contribution in [0, 0.1) is 11.1 Å². The molecule has 9 N–H and O–H groups in total. The largest absolute Gasteiger partial charge is 0.508 e. The second-order valence-electron chi connectivity index (χ2n) is 2.95. The minimum absolute atomic E-state index is 0.341. The van der Waals surface area contributed by atoms with E-state index in [-0.39, 0.29) is 0 Å². The average molecular weight is 281 g/mol. The fourth-order valence-corrected chi connectivity index (χ4v) is 0.944. The Hall–Kier alpha value is -2.88. The van der Waals surface area contributed by atoms with Gasteiger partial charge in [-0.05, 0) is 24.6 Å². The number of phenols is 1. The van der Waals surface area contributed by atoms with Gasteiger partial charge in [-0.15, -0.1) is 10.2 Å². The average Bonchev–Trinajstić information content (AvgIpc) is 2.45. The Bertz CT molecular complexity index is 403. The first kappa shape index (κ1) is 19.5. The molecule has 10 nitrogen and oxygen atoms in total. The summed E-state index contributed by atoms with van der Waals surface area (Å²) in [6.45, 7) is 0.581. The summed E-state index contributed by atoms with van der Waals surface area (Å²) < 4.78 is 0. The van der Waals surface area contributed by atoms with Crippen LogP contribution in [0.3, 0.4) is 0 Å². The maximum absolute atomic E-state index is 9.19. The summed E-state index contributed by atoms with van der Waals surface area (Å²) in [6, 6.07) is 7.24. The molecule has 0 unspecified atom stereocenters. The minimum Gasteiger partial charge on any atom is -0.508 e. The van der Waals surface area contributed by atoms with Crippen molar-refractivity contribution in [2.24, 2.45) is 37.9 Å². The highest BCUT2D eigenvalue weighted by molar-refractivity contribution is 5.53. The van der Waals surface area contributed by atoms with Crippen molar-refractivity contribution in [3.63, 3.8) is 0 Å². The second-order valence-corrected chi connectivity index (χ2v) is 2.95. The zero-order chi connectivity index (χ0) is 15.6. The van der Waals surface area contributed by atoms with E-state index in [1.165, 1.54) is 0 Å². The van der Waals surface area contributed by atoms with Gasteiger partial charge in [0.2, 0.25) is 0 Å². The van der Waals surface area contributed by atoms with Gasteiger partial charge in [0.05, 0.1) is 0 Å². The smallest absolute Gasteiger partial charge is 0.156 e. The van der Waals surface area contributed by atoms with Gasteiger partial charge in [0, 0.05) is 0 Å². The highest BCUT2D eigenvalue weighted by Crippen LogP contribution is 2.14. The number of rotatable bonds is 4. The molecule has 10 heteroatoms. The van der Waals surface area contributed by atoms with Gasteiger partial charge in [-0.3, -0.25) is 0 Å². The van der Waals surface area contributed by atoms with Crippen molar-refractivity contribution < 1.29 is 5.11 Å². The Morgan fingerprint density at radius 3 is 1.85 bits per heavy atom. The zero-order valence-corrected chi connectivity index (χ0v) is 10.8. The first-order chi connectivity index (χ1) is 9.67. The molecule has 0 spiro atoms. The topological polar surface area (TPSA) is 195 Å². The molecule has 0 aliphatic carbocycles. The van der Waals surface area contributed by atoms with E-state index in [0.29, 0.717) is 12.3 Å². The number of nitrogens with one attached hydrogen (secondary N) is 2. The van der Waals surface area contributed by atoms with Crippen molar-refractivity contribution in [3.8, 4) is 5.75 Å². The highest BCUT2D eigenvalue weighted by atomic mass is 16.3. The molecule has 1 rings (SSSR count). The van der Waals surface area contributed by atoms with Crippen LogP contribution in [0.25, 0.3) is 0 Å². The van der Waals surface area contributed by atoms with Gasteiger partial charge in [0.1, 0.15) is 5.75 Å². The molecule has 110 valence electrons. The number of hydrogen-bond acceptors (Lipinski definition) is 8. The summed E-state index contributed by atoms with van der Waals surface area (Å²) in [4.78, 5) is 0. The molecule has 0 atom stereocenters. The number of aromatic hydroxyl groups is 1. The number of para-hydroxylation sites is 1. The van der Waals surface area contributed by atoms with Crippen molar-refractivity contribution in [2.75, 3.05) is 6.54 Å². The van der Waals surface area contributed by atoms with Crippen molar-refractivity contribution in [1.82, 2.24) is 0 Å². The quantitative estimate of drug-likeness (QED) is 0.155. The molecule has 0 fully saturated rings. The normalized spacial score (nSPS) is 9.25. The summed E-state index contributed by atoms with van der Waals surface area (Å²) in [7, 11) is 0. The fraction of sp³-hybridized carbons (Fsp3) is 0.200. The van der Waals surface area contributed by atoms with Crippen LogP contribution in [0.2, 0.25) is 0 Å². The predicted octanol–water partition coefficient (Wildman–Crippen LogP) is 0.732. The number of nitrogens with zero attached hydrogens (tertiary/aromatic N) is 4. The lowest BCUT2D eigenvalue weighted by molar-refractivity contribution is 0.468. The molecule has 0 amide bonds. The summed E-state index contributed by atoms with van der Waals surface area (Å²) in [5.41, 5.74) is 18.2. The van der Waals surface area contributed by atoms with Crippen molar-refractivity contribution in [1.29, 1.82) is 11.1 Å². The number of benzene rings is 1. The Balaban J connectivity index is 0. The van der Waals surface area contributed by atoms with Gasteiger partial charge in [0.15, 0.2) is 12.7 Å². The lowest BCUT2D eigenvalue weighted by atomic mass is 10.1. The van der Waals surface area contributed by atoms with Crippen molar-refractivity contribution >= 4 is 12.7 Å². The van der Waals surface area contributed by atoms with Crippen molar-refractivity contribution in [2.45, 2.75) is 6.42 Å². The number of phenolic OH excluding ortho intramolecular Hbond substituents is 1. The van der Waals surface area contributed by atoms with E-state index in [0.717, 1.165) is 24.7 Å². The molecule has 0 heterocycles. The van der Waals surface area contributed by atoms with Crippen LogP contribution in [0.5, 0.6) is 5.75 Å². The highest BCUT2D eigenvalue weighted by Gasteiger charge is 1.95. The predicted molar refractivity (Wildman–Crippen MR) is 76.5 cm³/mol. The Morgan fingerprint density at radius 1 is 1.05 bits per heavy atom. The van der Waals surface area contributed by atoms with E-state index in [4.69, 9.17) is 16.8 Å². The summed E-state index contributed by atoms with van der Waals surface area (Å²) in [5.74, 6) is 9.33. The molecule has 0 aliphatic rings. The molecule has 0 aliphatic heterocycles. The number of nitrogens with two attached hydrogens (primary N) is 3. The zero-order valence-electron chi connectivity index (χ0n) is 10.8. The van der Waals surface area contributed by atoms with Crippen LogP contribution in [0.15, 0.2) is 44.7 Å². The van der Waals surface area contributed by atoms with Crippen LogP contribution < -0.4 is 17.4 Å². The van der Waals surface area contributed by atoms with E-state index in [1.807, 2.05) is 12.1 Å². The minimum atomic E-state index is 0.341. The van der Waals surface area contributed by atoms with Gasteiger partial charge in [0.25, 0.3) is 0 Å². The molecule has 0 saturated carbocycles. The summed E-state index contributed by atoms with van der Waals surface area (Å²) >= 11 is 0. The van der Waals surface area contributed by atoms with E-state index in [2.05, 4.69) is 32.1 Å². The maximum Gasteiger partial charge on any atom is 0.156 e. The van der Waals surface area contributed by atoms with Gasteiger partial charge in [-0.25, -0.2) is 11.1 Å². The third-order valence-electron chi connectivity index (χ3n) is 1.65. The van der Waals surface area contributed by atoms with E-state index >= 15 is 0 Å². The third-order valence-corrected chi connectivity index (χ3v) is 1.65. The fourth-order valence-electron chi connectivity index (χ4n) is 0.944. The Labute approximate surface area is 116 Å². The molecule has 0 aromatic heterocycles. The first-order valence-corrected chi connectivity index (χ1v) is 5.31. The van der Waals surface area contributed by atoms with Gasteiger partial charge in [-0.2, -0.15) is 10.2 Å². The molecule has 20 heavy (non-hydrogen) atoms. The number of hydrogen-bond donors (Lipinski definition) is 6. The third kappa shape index (κ3) is 13.2. The van der Waals surface area contributed by atoms with Crippen LogP contribution >= 0.6 is 0 Å². The lowest BCUT2D eigenvalue weighted by Crippen LogP contribution is -2.02. The van der Waals surface area contributed by atoms with Crippen LogP contribution in [0.1, 0.15) is 5.56 Å². The lowest BCUT2D eigenvalue weighted by Gasteiger charge is -1.99. The molecule has 0 bridgehead atoms. The maximum atomic E-state index is 9.19. The Kier molecular flexibility index (Phi) is 15.7. The van der Waals surface area contributed by atoms with E-state index < -0.39 is 0 Å². The SMILES string of the molecule is N=NC=NN.N=NC=NN.NCCc1ccccc1O. The molecular formula is C10H19N9O. The molecule has 0 saturated heterocycles. The van der Waals surface area contributed by atoms with Gasteiger partial charge in [-0.1, -0.05) is 18.2 Å². The Morgan fingerprint density at radius 2 is 1.55 bits per heavy atom. The van der Waals surface area contributed by atoms with E-state index in [9.17, 15) is 5.11 Å². The summed E-state index contributed by atoms with van der Waals surface area (Å²) in [6.07, 6.45) is 2.63. The molecule has 1 aromatic rings. The second kappa shape index (κ2) is 16.1.